The normalized spacial score (nSPS) is 10.1. The zero-order valence-electron chi connectivity index (χ0n) is 7.78. The van der Waals surface area contributed by atoms with Crippen molar-refractivity contribution < 1.29 is 4.79 Å². The Labute approximate surface area is 105 Å². The summed E-state index contributed by atoms with van der Waals surface area (Å²) < 4.78 is 0. The third-order valence-electron chi connectivity index (χ3n) is 1.70. The number of aromatic nitrogens is 2. The van der Waals surface area contributed by atoms with Crippen molar-refractivity contribution in [3.63, 3.8) is 0 Å². The number of rotatable bonds is 2. The Morgan fingerprint density at radius 2 is 2.19 bits per heavy atom. The lowest BCUT2D eigenvalue weighted by atomic mass is 10.4. The van der Waals surface area contributed by atoms with E-state index in [1.807, 2.05) is 0 Å². The van der Waals surface area contributed by atoms with Crippen molar-refractivity contribution >= 4 is 46.3 Å². The summed E-state index contributed by atoms with van der Waals surface area (Å²) in [6, 6.07) is 1.51. The van der Waals surface area contributed by atoms with Crippen molar-refractivity contribution in [2.75, 3.05) is 5.32 Å². The van der Waals surface area contributed by atoms with Gasteiger partial charge in [-0.05, 0) is 6.07 Å². The number of hydrogen-bond donors (Lipinski definition) is 1. The summed E-state index contributed by atoms with van der Waals surface area (Å²) in [5, 5.41) is 4.88. The van der Waals surface area contributed by atoms with E-state index in [1.165, 1.54) is 23.6 Å². The van der Waals surface area contributed by atoms with Gasteiger partial charge in [-0.3, -0.25) is 4.79 Å². The lowest BCUT2D eigenvalue weighted by molar-refractivity contribution is 0.102. The average molecular weight is 274 g/mol. The SMILES string of the molecule is O=C(Nc1ncc(Cl)cc1Cl)c1cscn1. The van der Waals surface area contributed by atoms with Gasteiger partial charge in [-0.25, -0.2) is 9.97 Å². The molecule has 0 aromatic carbocycles. The summed E-state index contributed by atoms with van der Waals surface area (Å²) in [6.45, 7) is 0. The van der Waals surface area contributed by atoms with E-state index in [1.54, 1.807) is 10.9 Å². The van der Waals surface area contributed by atoms with E-state index >= 15 is 0 Å². The second-order valence-corrected chi connectivity index (χ2v) is 4.37. The van der Waals surface area contributed by atoms with Gasteiger partial charge in [0.1, 0.15) is 5.69 Å². The maximum Gasteiger partial charge on any atom is 0.276 e. The van der Waals surface area contributed by atoms with Gasteiger partial charge in [-0.15, -0.1) is 11.3 Å². The molecular weight excluding hydrogens is 269 g/mol. The first-order valence-electron chi connectivity index (χ1n) is 4.17. The van der Waals surface area contributed by atoms with Gasteiger partial charge in [-0.1, -0.05) is 23.2 Å². The lowest BCUT2D eigenvalue weighted by Gasteiger charge is -2.04. The molecule has 0 atom stereocenters. The molecule has 4 nitrogen and oxygen atoms in total. The number of amides is 1. The van der Waals surface area contributed by atoms with E-state index in [0.29, 0.717) is 10.7 Å². The van der Waals surface area contributed by atoms with Crippen LogP contribution >= 0.6 is 34.5 Å². The van der Waals surface area contributed by atoms with E-state index in [0.717, 1.165) is 0 Å². The molecule has 0 aliphatic carbocycles. The molecule has 0 bridgehead atoms. The number of halogens is 2. The molecular formula is C9H5Cl2N3OS. The van der Waals surface area contributed by atoms with Crippen LogP contribution in [0, 0.1) is 0 Å². The number of anilines is 1. The first kappa shape index (κ1) is 11.3. The third kappa shape index (κ3) is 2.49. The standard InChI is InChI=1S/C9H5Cl2N3OS/c10-5-1-6(11)8(12-2-5)14-9(15)7-3-16-4-13-7/h1-4H,(H,12,14,15). The second kappa shape index (κ2) is 4.78. The van der Waals surface area contributed by atoms with Gasteiger partial charge in [0, 0.05) is 11.6 Å². The highest BCUT2D eigenvalue weighted by Gasteiger charge is 2.11. The Kier molecular flexibility index (Phi) is 3.38. The summed E-state index contributed by atoms with van der Waals surface area (Å²) in [4.78, 5) is 19.4. The van der Waals surface area contributed by atoms with E-state index < -0.39 is 0 Å². The van der Waals surface area contributed by atoms with E-state index in [-0.39, 0.29) is 16.7 Å². The zero-order valence-corrected chi connectivity index (χ0v) is 10.1. The molecule has 0 saturated carbocycles. The van der Waals surface area contributed by atoms with Crippen molar-refractivity contribution in [1.82, 2.24) is 9.97 Å². The van der Waals surface area contributed by atoms with E-state index in [9.17, 15) is 4.79 Å². The van der Waals surface area contributed by atoms with Crippen LogP contribution in [0.3, 0.4) is 0 Å². The summed E-state index contributed by atoms with van der Waals surface area (Å²) >= 11 is 12.9. The molecule has 0 spiro atoms. The van der Waals surface area contributed by atoms with Crippen molar-refractivity contribution in [1.29, 1.82) is 0 Å². The molecule has 1 N–H and O–H groups in total. The quantitative estimate of drug-likeness (QED) is 0.915. The second-order valence-electron chi connectivity index (χ2n) is 2.81. The van der Waals surface area contributed by atoms with Crippen molar-refractivity contribution in [3.05, 3.63) is 38.9 Å². The Balaban J connectivity index is 2.18. The maximum absolute atomic E-state index is 11.6. The molecule has 2 heterocycles. The van der Waals surface area contributed by atoms with Gasteiger partial charge < -0.3 is 5.32 Å². The van der Waals surface area contributed by atoms with Crippen LogP contribution in [0.2, 0.25) is 10.0 Å². The van der Waals surface area contributed by atoms with Crippen LogP contribution in [-0.4, -0.2) is 15.9 Å². The highest BCUT2D eigenvalue weighted by Crippen LogP contribution is 2.22. The van der Waals surface area contributed by atoms with Gasteiger partial charge >= 0.3 is 0 Å². The molecule has 0 saturated heterocycles. The minimum Gasteiger partial charge on any atom is -0.304 e. The van der Waals surface area contributed by atoms with Crippen LogP contribution in [-0.2, 0) is 0 Å². The molecule has 1 amide bonds. The lowest BCUT2D eigenvalue weighted by Crippen LogP contribution is -2.13. The molecule has 2 rings (SSSR count). The smallest absolute Gasteiger partial charge is 0.276 e. The number of nitrogens with one attached hydrogen (secondary N) is 1. The van der Waals surface area contributed by atoms with Crippen molar-refractivity contribution in [2.24, 2.45) is 0 Å². The Morgan fingerprint density at radius 3 is 2.81 bits per heavy atom. The van der Waals surface area contributed by atoms with Crippen LogP contribution < -0.4 is 5.32 Å². The fourth-order valence-corrected chi connectivity index (χ4v) is 1.96. The number of hydrogen-bond acceptors (Lipinski definition) is 4. The average Bonchev–Trinajstić information content (AvgIpc) is 2.75. The highest BCUT2D eigenvalue weighted by molar-refractivity contribution is 7.07. The molecule has 16 heavy (non-hydrogen) atoms. The summed E-state index contributed by atoms with van der Waals surface area (Å²) in [7, 11) is 0. The van der Waals surface area contributed by atoms with Crippen molar-refractivity contribution in [2.45, 2.75) is 0 Å². The minimum atomic E-state index is -0.349. The first-order chi connectivity index (χ1) is 7.66. The molecule has 0 aliphatic rings. The van der Waals surface area contributed by atoms with Gasteiger partial charge in [0.2, 0.25) is 0 Å². The largest absolute Gasteiger partial charge is 0.304 e. The number of thiazole rings is 1. The van der Waals surface area contributed by atoms with Crippen LogP contribution in [0.15, 0.2) is 23.2 Å². The molecule has 0 fully saturated rings. The van der Waals surface area contributed by atoms with Gasteiger partial charge in [0.15, 0.2) is 5.82 Å². The van der Waals surface area contributed by atoms with Crippen LogP contribution in [0.4, 0.5) is 5.82 Å². The van der Waals surface area contributed by atoms with Crippen LogP contribution in [0.1, 0.15) is 10.5 Å². The van der Waals surface area contributed by atoms with Gasteiger partial charge in [0.05, 0.1) is 15.6 Å². The summed E-state index contributed by atoms with van der Waals surface area (Å²) in [5.41, 5.74) is 1.91. The predicted octanol–water partition coefficient (Wildman–Crippen LogP) is 3.10. The maximum atomic E-state index is 11.6. The minimum absolute atomic E-state index is 0.268. The van der Waals surface area contributed by atoms with Gasteiger partial charge in [-0.2, -0.15) is 0 Å². The summed E-state index contributed by atoms with van der Waals surface area (Å²) in [6.07, 6.45) is 1.41. The molecule has 2 aromatic heterocycles. The highest BCUT2D eigenvalue weighted by atomic mass is 35.5. The first-order valence-corrected chi connectivity index (χ1v) is 5.87. The van der Waals surface area contributed by atoms with Crippen molar-refractivity contribution in [3.8, 4) is 0 Å². The molecule has 0 radical (unpaired) electrons. The van der Waals surface area contributed by atoms with Crippen LogP contribution in [0.5, 0.6) is 0 Å². The van der Waals surface area contributed by atoms with E-state index in [2.05, 4.69) is 15.3 Å². The fourth-order valence-electron chi connectivity index (χ4n) is 1.00. The molecule has 0 unspecified atom stereocenters. The number of carbonyl (C=O) groups is 1. The predicted molar refractivity (Wildman–Crippen MR) is 64.3 cm³/mol. The zero-order chi connectivity index (χ0) is 11.5. The Bertz CT molecular complexity index is 515. The Hall–Kier alpha value is -1.17. The number of pyridine rings is 1. The molecule has 2 aromatic rings. The number of carbonyl (C=O) groups excluding carboxylic acids is 1. The molecule has 7 heteroatoms. The monoisotopic (exact) mass is 273 g/mol. The third-order valence-corrected chi connectivity index (χ3v) is 2.79. The molecule has 82 valence electrons. The molecule has 0 aliphatic heterocycles. The Morgan fingerprint density at radius 1 is 1.38 bits per heavy atom. The summed E-state index contributed by atoms with van der Waals surface area (Å²) in [5.74, 6) is -0.0814. The van der Waals surface area contributed by atoms with E-state index in [4.69, 9.17) is 23.2 Å². The number of nitrogens with zero attached hydrogens (tertiary/aromatic N) is 2. The fraction of sp³-hybridized carbons (Fsp3) is 0. The van der Waals surface area contributed by atoms with Gasteiger partial charge in [0.25, 0.3) is 5.91 Å². The van der Waals surface area contributed by atoms with Crippen LogP contribution in [0.25, 0.3) is 0 Å². The topological polar surface area (TPSA) is 54.9 Å².